The minimum atomic E-state index is -0.0972. The molecule has 2 heterocycles. The van der Waals surface area contributed by atoms with Gasteiger partial charge in [0.25, 0.3) is 0 Å². The first kappa shape index (κ1) is 4.32. The average Bonchev–Trinajstić information content (AvgIpc) is 2.39. The molecule has 1 spiro atoms. The predicted octanol–water partition coefficient (Wildman–Crippen LogP) is -1.15. The van der Waals surface area contributed by atoms with Gasteiger partial charge in [-0.15, -0.1) is 0 Å². The van der Waals surface area contributed by atoms with Gasteiger partial charge in [-0.2, -0.15) is 0 Å². The molecule has 0 aliphatic carbocycles. The topological polar surface area (TPSA) is 51.0 Å². The first-order chi connectivity index (χ1) is 3.83. The zero-order chi connectivity index (χ0) is 5.61. The number of carbonyl (C=O) groups is 1. The van der Waals surface area contributed by atoms with E-state index in [1.54, 1.807) is 0 Å². The van der Waals surface area contributed by atoms with Crippen LogP contribution in [-0.4, -0.2) is 24.5 Å². The first-order valence-corrected chi connectivity index (χ1v) is 2.87. The Morgan fingerprint density at radius 3 is 2.62 bits per heavy atom. The largest absolute Gasteiger partial charge is 0.354 e. The van der Waals surface area contributed by atoms with Crippen molar-refractivity contribution in [3.63, 3.8) is 0 Å². The van der Waals surface area contributed by atoms with Gasteiger partial charge in [-0.05, 0) is 6.42 Å². The highest BCUT2D eigenvalue weighted by Crippen LogP contribution is 2.24. The molecule has 0 radical (unpaired) electrons. The van der Waals surface area contributed by atoms with E-state index < -0.39 is 0 Å². The highest BCUT2D eigenvalue weighted by molar-refractivity contribution is 5.91. The number of hydrogen-bond acceptors (Lipinski definition) is 2. The van der Waals surface area contributed by atoms with E-state index >= 15 is 0 Å². The summed E-state index contributed by atoms with van der Waals surface area (Å²) in [5, 5.41) is 5.82. The molecular formula is C5H8N2O. The quantitative estimate of drug-likeness (QED) is 0.389. The fourth-order valence-corrected chi connectivity index (χ4v) is 1.12. The molecule has 2 fully saturated rings. The van der Waals surface area contributed by atoms with Crippen molar-refractivity contribution in [3.8, 4) is 0 Å². The third kappa shape index (κ3) is 0.351. The Morgan fingerprint density at radius 1 is 1.62 bits per heavy atom. The molecule has 8 heavy (non-hydrogen) atoms. The van der Waals surface area contributed by atoms with Crippen LogP contribution in [0.1, 0.15) is 6.42 Å². The molecule has 2 aliphatic rings. The predicted molar refractivity (Wildman–Crippen MR) is 28.4 cm³/mol. The van der Waals surface area contributed by atoms with Crippen LogP contribution < -0.4 is 10.6 Å². The second kappa shape index (κ2) is 1.05. The zero-order valence-electron chi connectivity index (χ0n) is 4.53. The summed E-state index contributed by atoms with van der Waals surface area (Å²) in [5.74, 6) is 0.192. The van der Waals surface area contributed by atoms with Crippen molar-refractivity contribution in [2.75, 3.05) is 13.1 Å². The molecule has 0 bridgehead atoms. The third-order valence-electron chi connectivity index (χ3n) is 1.88. The van der Waals surface area contributed by atoms with Gasteiger partial charge >= 0.3 is 0 Å². The summed E-state index contributed by atoms with van der Waals surface area (Å²) in [7, 11) is 0. The highest BCUT2D eigenvalue weighted by Gasteiger charge is 2.52. The van der Waals surface area contributed by atoms with E-state index in [1.165, 1.54) is 0 Å². The minimum absolute atomic E-state index is 0.0972. The summed E-state index contributed by atoms with van der Waals surface area (Å²) >= 11 is 0. The average molecular weight is 112 g/mol. The second-order valence-corrected chi connectivity index (χ2v) is 2.44. The van der Waals surface area contributed by atoms with Crippen LogP contribution in [-0.2, 0) is 4.79 Å². The Morgan fingerprint density at radius 2 is 2.38 bits per heavy atom. The lowest BCUT2D eigenvalue weighted by Crippen LogP contribution is -2.27. The van der Waals surface area contributed by atoms with Crippen molar-refractivity contribution in [3.05, 3.63) is 0 Å². The molecule has 2 aliphatic heterocycles. The molecule has 0 aromatic carbocycles. The van der Waals surface area contributed by atoms with E-state index in [4.69, 9.17) is 0 Å². The fourth-order valence-electron chi connectivity index (χ4n) is 1.12. The van der Waals surface area contributed by atoms with Gasteiger partial charge in [0.2, 0.25) is 5.91 Å². The third-order valence-corrected chi connectivity index (χ3v) is 1.88. The van der Waals surface area contributed by atoms with Crippen molar-refractivity contribution in [2.24, 2.45) is 0 Å². The van der Waals surface area contributed by atoms with Gasteiger partial charge in [0, 0.05) is 13.1 Å². The monoisotopic (exact) mass is 112 g/mol. The molecule has 2 N–H and O–H groups in total. The Bertz CT molecular complexity index is 139. The molecule has 1 atom stereocenters. The number of nitrogens with one attached hydrogen (secondary N) is 2. The lowest BCUT2D eigenvalue weighted by atomic mass is 10.1. The summed E-state index contributed by atoms with van der Waals surface area (Å²) in [5.41, 5.74) is -0.0972. The molecule has 1 amide bonds. The van der Waals surface area contributed by atoms with Crippen LogP contribution in [0.3, 0.4) is 0 Å². The standard InChI is InChI=1S/C5H8N2O/c8-4-5(3-7-5)1-2-6-4/h7H,1-3H2,(H,6,8). The summed E-state index contributed by atoms with van der Waals surface area (Å²) in [4.78, 5) is 10.8. The second-order valence-electron chi connectivity index (χ2n) is 2.44. The van der Waals surface area contributed by atoms with E-state index in [-0.39, 0.29) is 11.4 Å². The van der Waals surface area contributed by atoms with Gasteiger partial charge in [-0.25, -0.2) is 0 Å². The molecule has 2 saturated heterocycles. The molecule has 0 aromatic rings. The van der Waals surface area contributed by atoms with Gasteiger partial charge in [-0.1, -0.05) is 0 Å². The minimum Gasteiger partial charge on any atom is -0.354 e. The number of carbonyl (C=O) groups excluding carboxylic acids is 1. The summed E-state index contributed by atoms with van der Waals surface area (Å²) < 4.78 is 0. The maximum absolute atomic E-state index is 10.8. The van der Waals surface area contributed by atoms with Crippen LogP contribution in [0.4, 0.5) is 0 Å². The summed E-state index contributed by atoms with van der Waals surface area (Å²) in [6.45, 7) is 1.74. The van der Waals surface area contributed by atoms with Crippen molar-refractivity contribution in [1.29, 1.82) is 0 Å². The summed E-state index contributed by atoms with van der Waals surface area (Å²) in [6.07, 6.45) is 0.978. The molecule has 0 aromatic heterocycles. The van der Waals surface area contributed by atoms with Crippen molar-refractivity contribution >= 4 is 5.91 Å². The zero-order valence-corrected chi connectivity index (χ0v) is 4.53. The SMILES string of the molecule is O=C1NCCC12CN2. The Balaban J connectivity index is 2.23. The molecular weight excluding hydrogens is 104 g/mol. The van der Waals surface area contributed by atoms with E-state index in [2.05, 4.69) is 10.6 Å². The van der Waals surface area contributed by atoms with Gasteiger partial charge in [-0.3, -0.25) is 10.1 Å². The number of amides is 1. The Kier molecular flexibility index (Phi) is 0.568. The van der Waals surface area contributed by atoms with Crippen molar-refractivity contribution < 1.29 is 4.79 Å². The normalized spacial score (nSPS) is 42.8. The lowest BCUT2D eigenvalue weighted by molar-refractivity contribution is -0.121. The van der Waals surface area contributed by atoms with E-state index in [1.807, 2.05) is 0 Å². The Labute approximate surface area is 47.4 Å². The lowest BCUT2D eigenvalue weighted by Gasteiger charge is -1.93. The van der Waals surface area contributed by atoms with Crippen molar-refractivity contribution in [2.45, 2.75) is 12.0 Å². The van der Waals surface area contributed by atoms with E-state index in [9.17, 15) is 4.79 Å². The first-order valence-electron chi connectivity index (χ1n) is 2.87. The maximum atomic E-state index is 10.8. The number of rotatable bonds is 0. The van der Waals surface area contributed by atoms with Crippen LogP contribution in [0.2, 0.25) is 0 Å². The van der Waals surface area contributed by atoms with E-state index in [0.717, 1.165) is 19.5 Å². The molecule has 44 valence electrons. The smallest absolute Gasteiger partial charge is 0.241 e. The van der Waals surface area contributed by atoms with Crippen LogP contribution in [0, 0.1) is 0 Å². The highest BCUT2D eigenvalue weighted by atomic mass is 16.2. The van der Waals surface area contributed by atoms with Crippen LogP contribution in [0.5, 0.6) is 0 Å². The molecule has 2 rings (SSSR count). The Hall–Kier alpha value is -0.570. The van der Waals surface area contributed by atoms with Crippen LogP contribution >= 0.6 is 0 Å². The molecule has 3 heteroatoms. The molecule has 0 saturated carbocycles. The maximum Gasteiger partial charge on any atom is 0.241 e. The molecule has 1 unspecified atom stereocenters. The van der Waals surface area contributed by atoms with Gasteiger partial charge in [0.15, 0.2) is 0 Å². The van der Waals surface area contributed by atoms with Crippen LogP contribution in [0.25, 0.3) is 0 Å². The van der Waals surface area contributed by atoms with Gasteiger partial charge < -0.3 is 5.32 Å². The van der Waals surface area contributed by atoms with Crippen molar-refractivity contribution in [1.82, 2.24) is 10.6 Å². The molecule has 3 nitrogen and oxygen atoms in total. The van der Waals surface area contributed by atoms with Gasteiger partial charge in [0.1, 0.15) is 5.54 Å². The summed E-state index contributed by atoms with van der Waals surface area (Å²) in [6, 6.07) is 0. The van der Waals surface area contributed by atoms with Gasteiger partial charge in [0.05, 0.1) is 0 Å². The fraction of sp³-hybridized carbons (Fsp3) is 0.800. The van der Waals surface area contributed by atoms with Crippen LogP contribution in [0.15, 0.2) is 0 Å². The van der Waals surface area contributed by atoms with E-state index in [0.29, 0.717) is 0 Å². The number of hydrogen-bond donors (Lipinski definition) is 2.